The van der Waals surface area contributed by atoms with Gasteiger partial charge in [-0.25, -0.2) is 4.79 Å². The molecule has 6 atom stereocenters. The maximum Gasteiger partial charge on any atom is 0.330 e. The second-order valence-electron chi connectivity index (χ2n) is 11.2. The summed E-state index contributed by atoms with van der Waals surface area (Å²) in [6, 6.07) is -6.78. The fourth-order valence-corrected chi connectivity index (χ4v) is 4.00. The van der Waals surface area contributed by atoms with Gasteiger partial charge in [0, 0.05) is 19.8 Å². The van der Waals surface area contributed by atoms with E-state index < -0.39 is 78.2 Å². The molecule has 0 aromatic rings. The Kier molecular flexibility index (Phi) is 18.6. The Balaban J connectivity index is 5.97. The molecule has 16 heteroatoms. The van der Waals surface area contributed by atoms with Gasteiger partial charge in [-0.3, -0.25) is 33.6 Å². The molecule has 0 aliphatic rings. The minimum Gasteiger partial charge on any atom is -0.479 e. The molecule has 45 heavy (non-hydrogen) atoms. The summed E-state index contributed by atoms with van der Waals surface area (Å²) < 4.78 is 0. The van der Waals surface area contributed by atoms with Crippen LogP contribution in [0.1, 0.15) is 73.6 Å². The molecule has 0 aromatic carbocycles. The molecule has 0 bridgehead atoms. The van der Waals surface area contributed by atoms with Crippen LogP contribution in [0, 0.1) is 11.8 Å². The lowest BCUT2D eigenvalue weighted by molar-refractivity contribution is -0.141. The number of nitrogens with two attached hydrogens (primary N) is 1. The zero-order chi connectivity index (χ0) is 34.9. The zero-order valence-electron chi connectivity index (χ0n) is 26.7. The van der Waals surface area contributed by atoms with E-state index in [0.29, 0.717) is 6.42 Å². The van der Waals surface area contributed by atoms with Crippen LogP contribution in [0.2, 0.25) is 0 Å². The number of aliphatic carboxylic acids is 1. The van der Waals surface area contributed by atoms with Gasteiger partial charge in [-0.15, -0.1) is 0 Å². The van der Waals surface area contributed by atoms with Crippen molar-refractivity contribution in [3.05, 3.63) is 12.2 Å². The second kappa shape index (κ2) is 20.6. The summed E-state index contributed by atoms with van der Waals surface area (Å²) in [4.78, 5) is 98.3. The Hall–Kier alpha value is -4.34. The Bertz CT molecular complexity index is 1110. The number of carbonyl (C=O) groups excluding carboxylic acids is 7. The Morgan fingerprint density at radius 1 is 0.778 bits per heavy atom. The number of allylic oxidation sites excluding steroid dienone is 1. The third-order valence-corrected chi connectivity index (χ3v) is 6.62. The SMILES string of the molecule is CC[C@H](C)[C@H](NC(C)=O)C(=O)N[C@@H](CO)C(=O)N[C@@H](CCC(N)=O)C(=O)N[C@@H](CC(C)C)C(=O)N[C@@H](/C=C/CC(C)=O)C(=O)O. The quantitative estimate of drug-likeness (QED) is 0.0666. The monoisotopic (exact) mass is 640 g/mol. The van der Waals surface area contributed by atoms with Gasteiger partial charge in [-0.05, 0) is 31.6 Å². The van der Waals surface area contributed by atoms with Crippen LogP contribution < -0.4 is 32.3 Å². The van der Waals surface area contributed by atoms with E-state index in [-0.39, 0.29) is 43.3 Å². The maximum atomic E-state index is 13.3. The predicted molar refractivity (Wildman–Crippen MR) is 162 cm³/mol. The number of hydrogen-bond donors (Lipinski definition) is 8. The van der Waals surface area contributed by atoms with E-state index in [1.165, 1.54) is 19.9 Å². The van der Waals surface area contributed by atoms with E-state index in [0.717, 1.165) is 6.08 Å². The van der Waals surface area contributed by atoms with E-state index in [1.54, 1.807) is 27.7 Å². The largest absolute Gasteiger partial charge is 0.479 e. The fourth-order valence-electron chi connectivity index (χ4n) is 4.00. The zero-order valence-corrected chi connectivity index (χ0v) is 26.7. The molecule has 0 radical (unpaired) electrons. The van der Waals surface area contributed by atoms with Gasteiger partial charge in [0.15, 0.2) is 0 Å². The molecule has 0 fully saturated rings. The second-order valence-corrected chi connectivity index (χ2v) is 11.2. The highest BCUT2D eigenvalue weighted by Crippen LogP contribution is 2.10. The van der Waals surface area contributed by atoms with Crippen LogP contribution in [0.15, 0.2) is 12.2 Å². The lowest BCUT2D eigenvalue weighted by Crippen LogP contribution is -2.60. The molecule has 6 amide bonds. The Morgan fingerprint density at radius 2 is 1.31 bits per heavy atom. The maximum absolute atomic E-state index is 13.3. The standard InChI is InChI=1S/C29H48N6O10/c1-7-16(4)24(31-18(6)38)28(43)35-22(14-36)27(42)32-19(11-12-23(30)39)25(40)34-21(13-15(2)3)26(41)33-20(29(44)45)10-8-9-17(5)37/h8,10,15-16,19-22,24,36H,7,9,11-14H2,1-6H3,(H2,30,39)(H,31,38)(H,32,42)(H,33,41)(H,34,40)(H,35,43)(H,44,45)/b10-8+/t16-,19-,20-,21-,22-,24-/m0/s1. The number of primary amides is 1. The van der Waals surface area contributed by atoms with Gasteiger partial charge in [0.05, 0.1) is 6.61 Å². The number of hydrogen-bond acceptors (Lipinski definition) is 9. The van der Waals surface area contributed by atoms with Crippen LogP contribution in [0.3, 0.4) is 0 Å². The first-order chi connectivity index (χ1) is 20.9. The van der Waals surface area contributed by atoms with E-state index in [4.69, 9.17) is 5.73 Å². The lowest BCUT2D eigenvalue weighted by atomic mass is 9.98. The summed E-state index contributed by atoms with van der Waals surface area (Å²) in [5, 5.41) is 31.3. The van der Waals surface area contributed by atoms with Crippen molar-refractivity contribution in [2.24, 2.45) is 17.6 Å². The predicted octanol–water partition coefficient (Wildman–Crippen LogP) is -1.60. The molecule has 0 spiro atoms. The molecule has 0 aromatic heterocycles. The van der Waals surface area contributed by atoms with Crippen LogP contribution in [0.4, 0.5) is 0 Å². The van der Waals surface area contributed by atoms with Gasteiger partial charge in [-0.1, -0.05) is 46.3 Å². The van der Waals surface area contributed by atoms with Gasteiger partial charge >= 0.3 is 5.97 Å². The molecule has 16 nitrogen and oxygen atoms in total. The molecular formula is C29H48N6O10. The summed E-state index contributed by atoms with van der Waals surface area (Å²) in [6.07, 6.45) is 2.30. The number of aliphatic hydroxyl groups excluding tert-OH is 1. The minimum atomic E-state index is -1.55. The Morgan fingerprint density at radius 3 is 1.78 bits per heavy atom. The fraction of sp³-hybridized carbons (Fsp3) is 0.655. The first-order valence-electron chi connectivity index (χ1n) is 14.7. The molecule has 0 saturated heterocycles. The Labute approximate surface area is 262 Å². The highest BCUT2D eigenvalue weighted by Gasteiger charge is 2.33. The molecule has 0 saturated carbocycles. The van der Waals surface area contributed by atoms with Crippen molar-refractivity contribution in [1.29, 1.82) is 0 Å². The topological polar surface area (TPSA) is 263 Å². The van der Waals surface area contributed by atoms with Crippen LogP contribution in [-0.4, -0.2) is 94.2 Å². The van der Waals surface area contributed by atoms with Crippen molar-refractivity contribution < 1.29 is 48.6 Å². The van der Waals surface area contributed by atoms with Crippen molar-refractivity contribution in [2.45, 2.75) is 104 Å². The highest BCUT2D eigenvalue weighted by atomic mass is 16.4. The minimum absolute atomic E-state index is 0.0478. The third-order valence-electron chi connectivity index (χ3n) is 6.62. The van der Waals surface area contributed by atoms with Crippen LogP contribution in [0.25, 0.3) is 0 Å². The number of carbonyl (C=O) groups is 8. The molecule has 0 heterocycles. The molecular weight excluding hydrogens is 592 g/mol. The summed E-state index contributed by atoms with van der Waals surface area (Å²) in [7, 11) is 0. The first-order valence-corrected chi connectivity index (χ1v) is 14.7. The number of amides is 6. The summed E-state index contributed by atoms with van der Waals surface area (Å²) in [5.74, 6) is -6.89. The number of ketones is 1. The van der Waals surface area contributed by atoms with Crippen molar-refractivity contribution in [3.63, 3.8) is 0 Å². The van der Waals surface area contributed by atoms with Gasteiger partial charge in [0.1, 0.15) is 36.0 Å². The van der Waals surface area contributed by atoms with Gasteiger partial charge < -0.3 is 42.5 Å². The summed E-state index contributed by atoms with van der Waals surface area (Å²) >= 11 is 0. The lowest BCUT2D eigenvalue weighted by Gasteiger charge is -2.27. The van der Waals surface area contributed by atoms with Crippen LogP contribution in [0.5, 0.6) is 0 Å². The molecule has 9 N–H and O–H groups in total. The van der Waals surface area contributed by atoms with Crippen LogP contribution in [-0.2, 0) is 38.4 Å². The van der Waals surface area contributed by atoms with Crippen molar-refractivity contribution in [2.75, 3.05) is 6.61 Å². The van der Waals surface area contributed by atoms with E-state index in [1.807, 2.05) is 0 Å². The van der Waals surface area contributed by atoms with Gasteiger partial charge in [-0.2, -0.15) is 0 Å². The number of carboxylic acid groups (broad SMARTS) is 1. The highest BCUT2D eigenvalue weighted by molar-refractivity contribution is 5.96. The van der Waals surface area contributed by atoms with Crippen molar-refractivity contribution in [1.82, 2.24) is 26.6 Å². The molecule has 0 unspecified atom stereocenters. The number of carboxylic acids is 1. The smallest absolute Gasteiger partial charge is 0.330 e. The molecule has 254 valence electrons. The van der Waals surface area contributed by atoms with E-state index in [9.17, 15) is 48.6 Å². The molecule has 0 aliphatic carbocycles. The average Bonchev–Trinajstić information content (AvgIpc) is 2.94. The van der Waals surface area contributed by atoms with Crippen molar-refractivity contribution >= 4 is 47.2 Å². The van der Waals surface area contributed by atoms with Crippen molar-refractivity contribution in [3.8, 4) is 0 Å². The van der Waals surface area contributed by atoms with Crippen LogP contribution >= 0.6 is 0 Å². The first kappa shape index (κ1) is 40.7. The average molecular weight is 641 g/mol. The number of nitrogens with one attached hydrogen (secondary N) is 5. The van der Waals surface area contributed by atoms with E-state index >= 15 is 0 Å². The number of Topliss-reactive ketones (excluding diaryl/α,β-unsaturated/α-hetero) is 1. The number of rotatable bonds is 21. The molecule has 0 rings (SSSR count). The van der Waals surface area contributed by atoms with E-state index in [2.05, 4.69) is 26.6 Å². The summed E-state index contributed by atoms with van der Waals surface area (Å²) in [5.41, 5.74) is 5.23. The molecule has 0 aliphatic heterocycles. The summed E-state index contributed by atoms with van der Waals surface area (Å²) in [6.45, 7) is 8.67. The van der Waals surface area contributed by atoms with Gasteiger partial charge in [0.25, 0.3) is 0 Å². The normalized spacial score (nSPS) is 15.1. The number of aliphatic hydroxyl groups is 1. The van der Waals surface area contributed by atoms with Gasteiger partial charge in [0.2, 0.25) is 35.4 Å². The third kappa shape index (κ3) is 16.3.